The van der Waals surface area contributed by atoms with Crippen LogP contribution >= 0.6 is 0 Å². The Labute approximate surface area is 240 Å². The minimum absolute atomic E-state index is 0.131. The topological polar surface area (TPSA) is 132 Å². The maximum Gasteiger partial charge on any atom is 0.410 e. The van der Waals surface area contributed by atoms with Crippen LogP contribution in [0.1, 0.15) is 51.7 Å². The van der Waals surface area contributed by atoms with Crippen molar-refractivity contribution in [2.24, 2.45) is 0 Å². The number of aromatic nitrogens is 2. The average molecular weight is 563 g/mol. The second kappa shape index (κ2) is 12.8. The number of nitrogens with one attached hydrogen (secondary N) is 1. The molecule has 0 atom stereocenters. The highest BCUT2D eigenvalue weighted by atomic mass is 16.6. The number of nitrogen functional groups attached to an aromatic ring is 1. The Hall–Kier alpha value is -4.54. The van der Waals surface area contributed by atoms with Crippen LogP contribution in [-0.2, 0) is 22.6 Å². The molecule has 11 heteroatoms. The molecule has 2 heterocycles. The minimum atomic E-state index is -0.541. The highest BCUT2D eigenvalue weighted by molar-refractivity contribution is 6.03. The van der Waals surface area contributed by atoms with Gasteiger partial charge >= 0.3 is 12.1 Å². The van der Waals surface area contributed by atoms with E-state index < -0.39 is 5.60 Å². The highest BCUT2D eigenvalue weighted by Crippen LogP contribution is 2.34. The molecule has 0 bridgehead atoms. The van der Waals surface area contributed by atoms with E-state index in [9.17, 15) is 9.59 Å². The summed E-state index contributed by atoms with van der Waals surface area (Å²) in [5.74, 6) is 1.86. The molecular weight excluding hydrogens is 524 g/mol. The SMILES string of the molecule is CCCCOc1nc(N)c2c(n1)N(Cc1ccc(Oc3ccc(CN(C)C(=O)OC(C)(C)C)cc3)cc1)CC(=O)N2. The van der Waals surface area contributed by atoms with Gasteiger partial charge in [-0.2, -0.15) is 9.97 Å². The van der Waals surface area contributed by atoms with Gasteiger partial charge in [-0.05, 0) is 62.6 Å². The van der Waals surface area contributed by atoms with Crippen molar-refractivity contribution >= 4 is 29.3 Å². The summed E-state index contributed by atoms with van der Waals surface area (Å²) in [6.45, 7) is 9.08. The van der Waals surface area contributed by atoms with E-state index in [4.69, 9.17) is 19.9 Å². The van der Waals surface area contributed by atoms with Gasteiger partial charge < -0.3 is 35.1 Å². The number of benzene rings is 2. The second-order valence-corrected chi connectivity index (χ2v) is 10.9. The molecule has 4 rings (SSSR count). The van der Waals surface area contributed by atoms with E-state index in [1.54, 1.807) is 7.05 Å². The number of anilines is 3. The molecule has 3 aromatic rings. The minimum Gasteiger partial charge on any atom is -0.463 e. The van der Waals surface area contributed by atoms with Gasteiger partial charge in [0.05, 0.1) is 13.2 Å². The lowest BCUT2D eigenvalue weighted by Gasteiger charge is -2.30. The van der Waals surface area contributed by atoms with Crippen LogP contribution in [-0.4, -0.2) is 52.7 Å². The third kappa shape index (κ3) is 8.23. The molecule has 11 nitrogen and oxygen atoms in total. The summed E-state index contributed by atoms with van der Waals surface area (Å²) in [5, 5.41) is 2.77. The van der Waals surface area contributed by atoms with Crippen molar-refractivity contribution in [2.45, 2.75) is 59.2 Å². The zero-order valence-corrected chi connectivity index (χ0v) is 24.3. The summed E-state index contributed by atoms with van der Waals surface area (Å²) in [6.07, 6.45) is 1.49. The second-order valence-electron chi connectivity index (χ2n) is 10.9. The molecule has 0 fully saturated rings. The Morgan fingerprint density at radius 3 is 2.29 bits per heavy atom. The maximum absolute atomic E-state index is 12.4. The first-order valence-corrected chi connectivity index (χ1v) is 13.7. The number of fused-ring (bicyclic) bond motifs is 1. The van der Waals surface area contributed by atoms with E-state index in [1.807, 2.05) is 74.2 Å². The van der Waals surface area contributed by atoms with Crippen molar-refractivity contribution in [2.75, 3.05) is 36.1 Å². The summed E-state index contributed by atoms with van der Waals surface area (Å²) in [4.78, 5) is 36.7. The maximum atomic E-state index is 12.4. The van der Waals surface area contributed by atoms with Gasteiger partial charge in [0.2, 0.25) is 5.91 Å². The smallest absolute Gasteiger partial charge is 0.410 e. The Balaban J connectivity index is 1.38. The van der Waals surface area contributed by atoms with Crippen LogP contribution in [0.2, 0.25) is 0 Å². The van der Waals surface area contributed by atoms with Crippen LogP contribution < -0.4 is 25.4 Å². The van der Waals surface area contributed by atoms with Crippen LogP contribution in [0, 0.1) is 0 Å². The molecule has 3 N–H and O–H groups in total. The van der Waals surface area contributed by atoms with Gasteiger partial charge in [0.15, 0.2) is 11.6 Å². The standard InChI is InChI=1S/C30H38N6O5/c1-6-7-16-39-28-33-26(31)25-27(34-28)36(19-24(37)32-25)18-21-10-14-23(15-11-21)40-22-12-8-20(9-13-22)17-35(5)29(38)41-30(2,3)4/h8-15H,6-7,16-19H2,1-5H3,(H,32,37)(H2,31,33,34). The predicted molar refractivity (Wildman–Crippen MR) is 157 cm³/mol. The van der Waals surface area contributed by atoms with Gasteiger partial charge in [-0.25, -0.2) is 4.79 Å². The Morgan fingerprint density at radius 2 is 1.68 bits per heavy atom. The average Bonchev–Trinajstić information content (AvgIpc) is 2.91. The number of carbonyl (C=O) groups is 2. The summed E-state index contributed by atoms with van der Waals surface area (Å²) in [5.41, 5.74) is 7.88. The molecular formula is C30H38N6O5. The van der Waals surface area contributed by atoms with Gasteiger partial charge in [-0.1, -0.05) is 37.6 Å². The van der Waals surface area contributed by atoms with E-state index in [1.165, 1.54) is 4.90 Å². The van der Waals surface area contributed by atoms with Crippen molar-refractivity contribution in [1.29, 1.82) is 0 Å². The number of nitrogens with zero attached hydrogens (tertiary/aromatic N) is 4. The van der Waals surface area contributed by atoms with Gasteiger partial charge in [0.25, 0.3) is 0 Å². The summed E-state index contributed by atoms with van der Waals surface area (Å²) in [6, 6.07) is 15.4. The molecule has 218 valence electrons. The van der Waals surface area contributed by atoms with Crippen molar-refractivity contribution < 1.29 is 23.8 Å². The van der Waals surface area contributed by atoms with E-state index in [0.717, 1.165) is 24.0 Å². The molecule has 1 aromatic heterocycles. The monoisotopic (exact) mass is 562 g/mol. The van der Waals surface area contributed by atoms with E-state index in [0.29, 0.717) is 42.7 Å². The zero-order valence-electron chi connectivity index (χ0n) is 24.3. The Bertz CT molecular complexity index is 1360. The van der Waals surface area contributed by atoms with Crippen LogP contribution in [0.25, 0.3) is 0 Å². The predicted octanol–water partition coefficient (Wildman–Crippen LogP) is 5.36. The van der Waals surface area contributed by atoms with Gasteiger partial charge in [-0.3, -0.25) is 4.79 Å². The molecule has 2 amide bonds. The van der Waals surface area contributed by atoms with Crippen molar-refractivity contribution in [3.05, 3.63) is 59.7 Å². The van der Waals surface area contributed by atoms with E-state index in [2.05, 4.69) is 22.2 Å². The first-order valence-electron chi connectivity index (χ1n) is 13.7. The number of amides is 2. The van der Waals surface area contributed by atoms with E-state index >= 15 is 0 Å². The molecule has 1 aliphatic rings. The first-order chi connectivity index (χ1) is 19.5. The van der Waals surface area contributed by atoms with Crippen LogP contribution in [0.5, 0.6) is 17.5 Å². The largest absolute Gasteiger partial charge is 0.463 e. The van der Waals surface area contributed by atoms with Crippen LogP contribution in [0.15, 0.2) is 48.5 Å². The molecule has 2 aromatic carbocycles. The van der Waals surface area contributed by atoms with Crippen molar-refractivity contribution in [3.8, 4) is 17.5 Å². The van der Waals surface area contributed by atoms with Crippen molar-refractivity contribution in [3.63, 3.8) is 0 Å². The Morgan fingerprint density at radius 1 is 1.05 bits per heavy atom. The number of ether oxygens (including phenoxy) is 3. The van der Waals surface area contributed by atoms with Gasteiger partial charge in [0, 0.05) is 20.1 Å². The normalized spacial score (nSPS) is 12.8. The number of unbranched alkanes of at least 4 members (excludes halogenated alkanes) is 1. The molecule has 0 unspecified atom stereocenters. The molecule has 0 saturated heterocycles. The number of rotatable bonds is 10. The molecule has 41 heavy (non-hydrogen) atoms. The lowest BCUT2D eigenvalue weighted by Crippen LogP contribution is -2.39. The molecule has 0 radical (unpaired) electrons. The van der Waals surface area contributed by atoms with Crippen LogP contribution in [0.3, 0.4) is 0 Å². The number of carbonyl (C=O) groups excluding carboxylic acids is 2. The van der Waals surface area contributed by atoms with Crippen LogP contribution in [0.4, 0.5) is 22.1 Å². The summed E-state index contributed by atoms with van der Waals surface area (Å²) >= 11 is 0. The van der Waals surface area contributed by atoms with Gasteiger partial charge in [-0.15, -0.1) is 0 Å². The Kier molecular flexibility index (Phi) is 9.16. The lowest BCUT2D eigenvalue weighted by atomic mass is 10.1. The molecule has 1 aliphatic heterocycles. The molecule has 0 saturated carbocycles. The first kappa shape index (κ1) is 29.4. The molecule has 0 spiro atoms. The quantitative estimate of drug-likeness (QED) is 0.314. The highest BCUT2D eigenvalue weighted by Gasteiger charge is 2.27. The number of nitrogens with two attached hydrogens (primary N) is 1. The summed E-state index contributed by atoms with van der Waals surface area (Å²) < 4.78 is 17.1. The summed E-state index contributed by atoms with van der Waals surface area (Å²) in [7, 11) is 1.71. The lowest BCUT2D eigenvalue weighted by molar-refractivity contribution is -0.115. The molecule has 0 aliphatic carbocycles. The number of hydrogen-bond donors (Lipinski definition) is 2. The van der Waals surface area contributed by atoms with Gasteiger partial charge in [0.1, 0.15) is 22.8 Å². The van der Waals surface area contributed by atoms with E-state index in [-0.39, 0.29) is 30.4 Å². The van der Waals surface area contributed by atoms with Crippen molar-refractivity contribution in [1.82, 2.24) is 14.9 Å². The number of hydrogen-bond acceptors (Lipinski definition) is 9. The third-order valence-corrected chi connectivity index (χ3v) is 6.11. The zero-order chi connectivity index (χ0) is 29.6. The fraction of sp³-hybridized carbons (Fsp3) is 0.400. The fourth-order valence-electron chi connectivity index (χ4n) is 4.08. The third-order valence-electron chi connectivity index (χ3n) is 6.11. The fourth-order valence-corrected chi connectivity index (χ4v) is 4.08.